The van der Waals surface area contributed by atoms with Crippen LogP contribution < -0.4 is 0 Å². The standard InChI is InChI=1S/C24H30IN3O3/c1-4-20-21(9-15-31-3)28(25)24(22-6-5-12-27(20)22)10-13-26(14-11-24)23(30)19-8-7-18(29)16-17(19)2/h4-9,12,16-17,19,29H,10-11,13-15H2,1-3H3/b20-4+,21-9+. The first-order chi connectivity index (χ1) is 14.9. The molecule has 0 radical (unpaired) electrons. The van der Waals surface area contributed by atoms with Crippen LogP contribution in [0.1, 0.15) is 32.4 Å². The molecule has 0 saturated carbocycles. The number of allylic oxidation sites excluding steroid dienone is 4. The van der Waals surface area contributed by atoms with Crippen LogP contribution in [-0.2, 0) is 15.1 Å². The Morgan fingerprint density at radius 2 is 2.10 bits per heavy atom. The molecule has 0 bridgehead atoms. The highest BCUT2D eigenvalue weighted by molar-refractivity contribution is 14.1. The lowest BCUT2D eigenvalue weighted by atomic mass is 9.81. The molecule has 1 N–H and O–H groups in total. The van der Waals surface area contributed by atoms with Gasteiger partial charge in [-0.2, -0.15) is 0 Å². The van der Waals surface area contributed by atoms with Crippen molar-refractivity contribution in [2.45, 2.75) is 32.2 Å². The number of hydrogen-bond donors (Lipinski definition) is 1. The van der Waals surface area contributed by atoms with E-state index >= 15 is 0 Å². The molecule has 7 heteroatoms. The van der Waals surface area contributed by atoms with E-state index in [1.807, 2.05) is 17.9 Å². The number of piperidine rings is 1. The van der Waals surface area contributed by atoms with Gasteiger partial charge < -0.3 is 22.4 Å². The molecule has 1 aromatic rings. The number of aliphatic hydroxyl groups is 1. The van der Waals surface area contributed by atoms with Crippen molar-refractivity contribution in [1.29, 1.82) is 0 Å². The summed E-state index contributed by atoms with van der Waals surface area (Å²) in [6.45, 7) is 6.02. The Bertz CT molecular complexity index is 966. The number of aliphatic hydroxyl groups excluding tert-OH is 1. The molecule has 1 saturated heterocycles. The number of amides is 1. The highest BCUT2D eigenvalue weighted by atomic mass is 127. The molecular weight excluding hydrogens is 505 g/mol. The Labute approximate surface area is 198 Å². The number of halogens is 1. The summed E-state index contributed by atoms with van der Waals surface area (Å²) in [5.41, 5.74) is 3.41. The number of aromatic nitrogens is 1. The van der Waals surface area contributed by atoms with Crippen molar-refractivity contribution in [3.05, 3.63) is 65.9 Å². The number of hydrogen-bond acceptors (Lipinski definition) is 4. The summed E-state index contributed by atoms with van der Waals surface area (Å²) < 4.78 is 9.99. The van der Waals surface area contributed by atoms with E-state index in [1.165, 1.54) is 5.69 Å². The normalized spacial score (nSPS) is 27.7. The highest BCUT2D eigenvalue weighted by Gasteiger charge is 2.48. The van der Waals surface area contributed by atoms with E-state index in [0.29, 0.717) is 19.7 Å². The van der Waals surface area contributed by atoms with Gasteiger partial charge in [-0.25, -0.2) is 0 Å². The fourth-order valence-electron chi connectivity index (χ4n) is 5.03. The molecular formula is C24H30IN3O3. The van der Waals surface area contributed by atoms with Gasteiger partial charge in [0, 0.05) is 32.1 Å². The summed E-state index contributed by atoms with van der Waals surface area (Å²) >= 11 is 2.44. The van der Waals surface area contributed by atoms with Crippen LogP contribution in [0.3, 0.4) is 0 Å². The van der Waals surface area contributed by atoms with Crippen molar-refractivity contribution in [3.8, 4) is 0 Å². The largest absolute Gasteiger partial charge is 0.508 e. The molecule has 1 spiro atoms. The van der Waals surface area contributed by atoms with E-state index in [-0.39, 0.29) is 29.0 Å². The summed E-state index contributed by atoms with van der Waals surface area (Å²) in [5, 5.41) is 9.71. The molecule has 3 aliphatic rings. The van der Waals surface area contributed by atoms with Crippen LogP contribution in [0.4, 0.5) is 0 Å². The predicted molar refractivity (Wildman–Crippen MR) is 130 cm³/mol. The van der Waals surface area contributed by atoms with Crippen LogP contribution in [0.25, 0.3) is 5.70 Å². The Morgan fingerprint density at radius 3 is 2.74 bits per heavy atom. The Hall–Kier alpha value is -2.00. The van der Waals surface area contributed by atoms with Gasteiger partial charge in [0.2, 0.25) is 5.91 Å². The zero-order valence-corrected chi connectivity index (χ0v) is 20.4. The average Bonchev–Trinajstić information content (AvgIpc) is 3.26. The summed E-state index contributed by atoms with van der Waals surface area (Å²) in [5.74, 6) is 0.190. The number of methoxy groups -OCH3 is 1. The molecule has 1 amide bonds. The van der Waals surface area contributed by atoms with E-state index in [9.17, 15) is 9.90 Å². The maximum absolute atomic E-state index is 13.2. The van der Waals surface area contributed by atoms with Crippen molar-refractivity contribution in [2.75, 3.05) is 26.8 Å². The Kier molecular flexibility index (Phi) is 6.35. The first-order valence-corrected chi connectivity index (χ1v) is 11.8. The van der Waals surface area contributed by atoms with Gasteiger partial charge in [-0.05, 0) is 56.0 Å². The number of rotatable bonds is 3. The number of nitrogens with zero attached hydrogens (tertiary/aromatic N) is 3. The Balaban J connectivity index is 1.60. The van der Waals surface area contributed by atoms with Crippen LogP contribution in [0.15, 0.2) is 60.2 Å². The van der Waals surface area contributed by atoms with Crippen molar-refractivity contribution < 1.29 is 14.6 Å². The Morgan fingerprint density at radius 1 is 1.35 bits per heavy atom. The molecule has 1 aromatic heterocycles. The van der Waals surface area contributed by atoms with Gasteiger partial charge in [-0.15, -0.1) is 0 Å². The van der Waals surface area contributed by atoms with Crippen LogP contribution in [-0.4, -0.2) is 50.4 Å². The summed E-state index contributed by atoms with van der Waals surface area (Å²) in [6.07, 6.45) is 13.4. The molecule has 2 unspecified atom stereocenters. The molecule has 2 aliphatic heterocycles. The molecule has 0 aromatic carbocycles. The van der Waals surface area contributed by atoms with E-state index in [4.69, 9.17) is 4.74 Å². The second kappa shape index (κ2) is 8.86. The van der Waals surface area contributed by atoms with Crippen LogP contribution in [0, 0.1) is 11.8 Å². The lowest BCUT2D eigenvalue weighted by Crippen LogP contribution is -2.54. The average molecular weight is 535 g/mol. The maximum Gasteiger partial charge on any atom is 0.230 e. The van der Waals surface area contributed by atoms with Crippen LogP contribution in [0.5, 0.6) is 0 Å². The topological polar surface area (TPSA) is 57.9 Å². The predicted octanol–water partition coefficient (Wildman–Crippen LogP) is 4.63. The fourth-order valence-corrected chi connectivity index (χ4v) is 6.21. The summed E-state index contributed by atoms with van der Waals surface area (Å²) in [4.78, 5) is 15.2. The molecule has 6 nitrogen and oxygen atoms in total. The molecule has 3 heterocycles. The molecule has 31 heavy (non-hydrogen) atoms. The summed E-state index contributed by atoms with van der Waals surface area (Å²) in [7, 11) is 1.71. The van der Waals surface area contributed by atoms with Gasteiger partial charge in [0.05, 0.1) is 52.3 Å². The van der Waals surface area contributed by atoms with Crippen molar-refractivity contribution in [3.63, 3.8) is 0 Å². The van der Waals surface area contributed by atoms with Gasteiger partial charge in [0.25, 0.3) is 0 Å². The van der Waals surface area contributed by atoms with Gasteiger partial charge >= 0.3 is 0 Å². The lowest BCUT2D eigenvalue weighted by Gasteiger charge is -2.51. The molecule has 4 rings (SSSR count). The van der Waals surface area contributed by atoms with Gasteiger partial charge in [-0.1, -0.05) is 19.1 Å². The number of fused-ring (bicyclic) bond motifs is 2. The van der Waals surface area contributed by atoms with E-state index < -0.39 is 0 Å². The minimum atomic E-state index is -0.206. The lowest BCUT2D eigenvalue weighted by molar-refractivity contribution is -0.137. The monoisotopic (exact) mass is 535 g/mol. The third-order valence-electron chi connectivity index (χ3n) is 6.71. The number of ether oxygens (including phenoxy) is 1. The van der Waals surface area contributed by atoms with Crippen molar-refractivity contribution >= 4 is 34.5 Å². The summed E-state index contributed by atoms with van der Waals surface area (Å²) in [6, 6.07) is 4.31. The van der Waals surface area contributed by atoms with Crippen molar-refractivity contribution in [1.82, 2.24) is 12.6 Å². The fraction of sp³-hybridized carbons (Fsp3) is 0.458. The highest BCUT2D eigenvalue weighted by Crippen LogP contribution is 2.50. The first-order valence-electron chi connectivity index (χ1n) is 10.8. The first kappa shape index (κ1) is 22.2. The van der Waals surface area contributed by atoms with Crippen LogP contribution in [0.2, 0.25) is 0 Å². The zero-order chi connectivity index (χ0) is 22.2. The minimum Gasteiger partial charge on any atom is -0.508 e. The number of carbonyl (C=O) groups excluding carboxylic acids is 1. The van der Waals surface area contributed by atoms with Gasteiger partial charge in [-0.3, -0.25) is 4.79 Å². The third kappa shape index (κ3) is 3.75. The smallest absolute Gasteiger partial charge is 0.230 e. The second-order valence-electron chi connectivity index (χ2n) is 8.46. The maximum atomic E-state index is 13.2. The SMILES string of the molecule is C/C=C1\C(=C/COC)N(I)C2(CCN(C(=O)C3C=CC(O)=CC3C)CC2)c2cccn21. The van der Waals surface area contributed by atoms with E-state index in [2.05, 4.69) is 68.0 Å². The second-order valence-corrected chi connectivity index (χ2v) is 9.42. The third-order valence-corrected chi connectivity index (χ3v) is 8.16. The molecule has 1 fully saturated rings. The zero-order valence-electron chi connectivity index (χ0n) is 18.3. The number of carbonyl (C=O) groups is 1. The van der Waals surface area contributed by atoms with E-state index in [1.54, 1.807) is 19.3 Å². The minimum absolute atomic E-state index is 0.00204. The quantitative estimate of drug-likeness (QED) is 0.453. The van der Waals surface area contributed by atoms with Crippen LogP contribution >= 0.6 is 22.9 Å². The molecule has 1 aliphatic carbocycles. The van der Waals surface area contributed by atoms with E-state index in [0.717, 1.165) is 24.2 Å². The van der Waals surface area contributed by atoms with Gasteiger partial charge in [0.1, 0.15) is 5.76 Å². The number of likely N-dealkylation sites (tertiary alicyclic amines) is 1. The molecule has 2 atom stereocenters. The van der Waals surface area contributed by atoms with Crippen molar-refractivity contribution in [2.24, 2.45) is 11.8 Å². The van der Waals surface area contributed by atoms with Gasteiger partial charge in [0.15, 0.2) is 0 Å². The molecule has 166 valence electrons.